The van der Waals surface area contributed by atoms with Gasteiger partial charge in [0.15, 0.2) is 6.04 Å². The topological polar surface area (TPSA) is 46.3 Å². The number of carbonyl (C=O) groups excluding carboxylic acids is 2. The van der Waals surface area contributed by atoms with Gasteiger partial charge in [-0.15, -0.1) is 0 Å². The van der Waals surface area contributed by atoms with E-state index in [2.05, 4.69) is 14.1 Å². The molecule has 2 amide bonds. The van der Waals surface area contributed by atoms with Gasteiger partial charge in [-0.2, -0.15) is 0 Å². The van der Waals surface area contributed by atoms with Crippen LogP contribution in [0.4, 0.5) is 5.69 Å². The first-order valence-electron chi connectivity index (χ1n) is 8.55. The Balaban J connectivity index is 1.74. The van der Waals surface area contributed by atoms with Crippen LogP contribution in [0.1, 0.15) is 24.8 Å². The molecule has 2 heterocycles. The highest BCUT2D eigenvalue weighted by Crippen LogP contribution is 2.22. The number of anilines is 1. The molecule has 1 aromatic carbocycles. The molecule has 5 heteroatoms. The van der Waals surface area contributed by atoms with Gasteiger partial charge in [0.25, 0.3) is 5.91 Å². The third-order valence-electron chi connectivity index (χ3n) is 5.47. The molecular formula is C18H27N3O2+2. The number of piperidine rings is 1. The molecule has 0 radical (unpaired) electrons. The summed E-state index contributed by atoms with van der Waals surface area (Å²) in [5.41, 5.74) is 1.83. The zero-order valence-electron chi connectivity index (χ0n) is 14.3. The number of imide groups is 1. The number of likely N-dealkylation sites (N-methyl/N-ethyl adjacent to an activating group) is 1. The SMILES string of the molecule is Cc1ccc(N2C(=O)C[C@@H]([NH+](C)C3CC[NH+](C)CC3)C2=O)cc1. The molecule has 2 aliphatic heterocycles. The summed E-state index contributed by atoms with van der Waals surface area (Å²) in [5, 5.41) is 0. The predicted molar refractivity (Wildman–Crippen MR) is 88.6 cm³/mol. The fraction of sp³-hybridized carbons (Fsp3) is 0.556. The molecule has 2 saturated heterocycles. The van der Waals surface area contributed by atoms with Crippen molar-refractivity contribution in [2.75, 3.05) is 32.1 Å². The Morgan fingerprint density at radius 3 is 2.35 bits per heavy atom. The van der Waals surface area contributed by atoms with Gasteiger partial charge >= 0.3 is 0 Å². The van der Waals surface area contributed by atoms with Gasteiger partial charge in [0.05, 0.1) is 45.3 Å². The van der Waals surface area contributed by atoms with Crippen LogP contribution in [0.5, 0.6) is 0 Å². The number of nitrogens with zero attached hydrogens (tertiary/aromatic N) is 1. The van der Waals surface area contributed by atoms with E-state index < -0.39 is 0 Å². The first-order chi connectivity index (χ1) is 11.0. The zero-order chi connectivity index (χ0) is 16.6. The smallest absolute Gasteiger partial charge is 0.292 e. The largest absolute Gasteiger partial charge is 0.337 e. The Bertz CT molecular complexity index is 591. The summed E-state index contributed by atoms with van der Waals surface area (Å²) in [6, 6.07) is 7.87. The van der Waals surface area contributed by atoms with Crippen LogP contribution in [0.25, 0.3) is 0 Å². The standard InChI is InChI=1S/C18H25N3O2/c1-13-4-6-15(7-5-13)21-17(22)12-16(18(21)23)20(3)14-8-10-19(2)11-9-14/h4-7,14,16H,8-12H2,1-3H3/p+2/t16-/m1/s1. The third-order valence-corrected chi connectivity index (χ3v) is 5.47. The number of quaternary nitrogens is 2. The van der Waals surface area contributed by atoms with Gasteiger partial charge in [-0.1, -0.05) is 17.7 Å². The van der Waals surface area contributed by atoms with Crippen LogP contribution in [0.3, 0.4) is 0 Å². The Hall–Kier alpha value is -1.72. The molecule has 2 atom stereocenters. The van der Waals surface area contributed by atoms with Crippen molar-refractivity contribution in [3.8, 4) is 0 Å². The number of nitrogens with one attached hydrogen (secondary N) is 2. The van der Waals surface area contributed by atoms with Crippen molar-refractivity contribution >= 4 is 17.5 Å². The summed E-state index contributed by atoms with van der Waals surface area (Å²) >= 11 is 0. The van der Waals surface area contributed by atoms with E-state index in [1.165, 1.54) is 9.80 Å². The average molecular weight is 317 g/mol. The van der Waals surface area contributed by atoms with Gasteiger partial charge in [-0.05, 0) is 19.1 Å². The lowest BCUT2D eigenvalue weighted by Gasteiger charge is -2.33. The van der Waals surface area contributed by atoms with E-state index in [4.69, 9.17) is 0 Å². The third kappa shape index (κ3) is 3.16. The van der Waals surface area contributed by atoms with Crippen molar-refractivity contribution in [2.24, 2.45) is 0 Å². The minimum absolute atomic E-state index is 0.0392. The molecule has 5 nitrogen and oxygen atoms in total. The first-order valence-corrected chi connectivity index (χ1v) is 8.55. The van der Waals surface area contributed by atoms with Gasteiger partial charge in [0, 0.05) is 12.8 Å². The van der Waals surface area contributed by atoms with Crippen molar-refractivity contribution in [3.63, 3.8) is 0 Å². The second-order valence-electron chi connectivity index (χ2n) is 7.14. The van der Waals surface area contributed by atoms with E-state index in [1.54, 1.807) is 4.90 Å². The molecule has 0 saturated carbocycles. The predicted octanol–water partition coefficient (Wildman–Crippen LogP) is -1.18. The number of carbonyl (C=O) groups is 2. The van der Waals surface area contributed by atoms with Crippen LogP contribution < -0.4 is 14.7 Å². The fourth-order valence-electron chi connectivity index (χ4n) is 3.80. The molecule has 3 rings (SSSR count). The second-order valence-corrected chi connectivity index (χ2v) is 7.14. The lowest BCUT2D eigenvalue weighted by Crippen LogP contribution is -3.21. The van der Waals surface area contributed by atoms with Crippen LogP contribution in [0.2, 0.25) is 0 Å². The highest BCUT2D eigenvalue weighted by molar-refractivity contribution is 6.21. The Labute approximate surface area is 137 Å². The first kappa shape index (κ1) is 16.1. The van der Waals surface area contributed by atoms with Crippen LogP contribution in [-0.4, -0.2) is 51.1 Å². The monoisotopic (exact) mass is 317 g/mol. The van der Waals surface area contributed by atoms with Gasteiger partial charge in [0.2, 0.25) is 5.91 Å². The van der Waals surface area contributed by atoms with Crippen LogP contribution in [0, 0.1) is 6.92 Å². The Kier molecular flexibility index (Phi) is 4.50. The van der Waals surface area contributed by atoms with E-state index in [0.29, 0.717) is 18.2 Å². The number of hydrogen-bond acceptors (Lipinski definition) is 2. The van der Waals surface area contributed by atoms with Crippen LogP contribution in [-0.2, 0) is 9.59 Å². The molecule has 1 unspecified atom stereocenters. The summed E-state index contributed by atoms with van der Waals surface area (Å²) in [4.78, 5) is 29.4. The maximum atomic E-state index is 12.8. The summed E-state index contributed by atoms with van der Waals surface area (Å²) in [6.07, 6.45) is 2.58. The van der Waals surface area contributed by atoms with Crippen molar-refractivity contribution < 1.29 is 19.4 Å². The quantitative estimate of drug-likeness (QED) is 0.690. The maximum absolute atomic E-state index is 12.8. The number of hydrogen-bond donors (Lipinski definition) is 2. The summed E-state index contributed by atoms with van der Waals surface area (Å²) in [5.74, 6) is -0.107. The highest BCUT2D eigenvalue weighted by atomic mass is 16.2. The molecule has 124 valence electrons. The number of rotatable bonds is 3. The van der Waals surface area contributed by atoms with Crippen molar-refractivity contribution in [1.82, 2.24) is 0 Å². The number of benzene rings is 1. The molecule has 23 heavy (non-hydrogen) atoms. The maximum Gasteiger partial charge on any atom is 0.292 e. The van der Waals surface area contributed by atoms with Crippen LogP contribution >= 0.6 is 0 Å². The van der Waals surface area contributed by atoms with E-state index in [1.807, 2.05) is 31.2 Å². The van der Waals surface area contributed by atoms with Gasteiger partial charge in [0.1, 0.15) is 0 Å². The second kappa shape index (κ2) is 6.42. The fourth-order valence-corrected chi connectivity index (χ4v) is 3.80. The van der Waals surface area contributed by atoms with Gasteiger partial charge in [-0.25, -0.2) is 4.90 Å². The van der Waals surface area contributed by atoms with E-state index in [0.717, 1.165) is 31.5 Å². The molecule has 1 aromatic rings. The highest BCUT2D eigenvalue weighted by Gasteiger charge is 2.46. The molecular weight excluding hydrogens is 290 g/mol. The molecule has 2 N–H and O–H groups in total. The van der Waals surface area contributed by atoms with E-state index >= 15 is 0 Å². The number of amides is 2. The van der Waals surface area contributed by atoms with Crippen molar-refractivity contribution in [3.05, 3.63) is 29.8 Å². The zero-order valence-corrected chi connectivity index (χ0v) is 14.3. The summed E-state index contributed by atoms with van der Waals surface area (Å²) in [7, 11) is 4.30. The van der Waals surface area contributed by atoms with Crippen molar-refractivity contribution in [2.45, 2.75) is 38.3 Å². The molecule has 0 bridgehead atoms. The lowest BCUT2D eigenvalue weighted by atomic mass is 10.0. The Morgan fingerprint density at radius 1 is 1.13 bits per heavy atom. The lowest BCUT2D eigenvalue weighted by molar-refractivity contribution is -0.948. The van der Waals surface area contributed by atoms with Crippen molar-refractivity contribution in [1.29, 1.82) is 0 Å². The van der Waals surface area contributed by atoms with E-state index in [9.17, 15) is 9.59 Å². The summed E-state index contributed by atoms with van der Waals surface area (Å²) < 4.78 is 0. The Morgan fingerprint density at radius 2 is 1.74 bits per heavy atom. The summed E-state index contributed by atoms with van der Waals surface area (Å²) in [6.45, 7) is 4.30. The molecule has 0 spiro atoms. The number of likely N-dealkylation sites (tertiary alicyclic amines) is 1. The van der Waals surface area contributed by atoms with Crippen LogP contribution in [0.15, 0.2) is 24.3 Å². The van der Waals surface area contributed by atoms with Gasteiger partial charge < -0.3 is 9.80 Å². The average Bonchev–Trinajstić information content (AvgIpc) is 2.83. The minimum Gasteiger partial charge on any atom is -0.337 e. The molecule has 0 aliphatic carbocycles. The van der Waals surface area contributed by atoms with E-state index in [-0.39, 0.29) is 17.9 Å². The normalized spacial score (nSPS) is 29.9. The molecule has 0 aromatic heterocycles. The van der Waals surface area contributed by atoms with Gasteiger partial charge in [-0.3, -0.25) is 9.59 Å². The molecule has 2 fully saturated rings. The molecule has 2 aliphatic rings. The minimum atomic E-state index is -0.229. The number of aryl methyl sites for hydroxylation is 1.